The van der Waals surface area contributed by atoms with E-state index in [2.05, 4.69) is 16.8 Å². The first-order valence-electron chi connectivity index (χ1n) is 8.89. The summed E-state index contributed by atoms with van der Waals surface area (Å²) >= 11 is 1.25. The van der Waals surface area contributed by atoms with Gasteiger partial charge in [0, 0.05) is 10.4 Å². The number of hydrogen-bond acceptors (Lipinski definition) is 7. The lowest BCUT2D eigenvalue weighted by atomic mass is 10.2. The summed E-state index contributed by atoms with van der Waals surface area (Å²) < 4.78 is 24.7. The standard InChI is InChI=1S/C20H24FN3O3S/c1-4-26-19(25)18-17(28-20(22)23-18)8-6-12-27-16-10-9-14(13-15(16)21)7-5-11-24(2)3/h9-10,13H,4,6,8,11-12H2,1-3H3,(H2,22,23). The number of nitrogens with two attached hydrogens (primary N) is 1. The van der Waals surface area contributed by atoms with E-state index < -0.39 is 11.8 Å². The Morgan fingerprint density at radius 3 is 2.86 bits per heavy atom. The Bertz CT molecular complexity index is 871. The third-order valence-corrected chi connectivity index (χ3v) is 4.49. The van der Waals surface area contributed by atoms with Crippen LogP contribution in [0, 0.1) is 17.7 Å². The SMILES string of the molecule is CCOC(=O)c1nc(N)sc1CCCOc1ccc(C#CCN(C)C)cc1F. The summed E-state index contributed by atoms with van der Waals surface area (Å²) in [4.78, 5) is 18.6. The first kappa shape index (κ1) is 21.7. The lowest BCUT2D eigenvalue weighted by molar-refractivity contribution is 0.0519. The minimum Gasteiger partial charge on any atom is -0.491 e. The van der Waals surface area contributed by atoms with Gasteiger partial charge in [-0.25, -0.2) is 14.2 Å². The van der Waals surface area contributed by atoms with Crippen LogP contribution in [0.1, 0.15) is 34.3 Å². The van der Waals surface area contributed by atoms with E-state index in [1.165, 1.54) is 17.4 Å². The number of thiazole rings is 1. The van der Waals surface area contributed by atoms with Gasteiger partial charge in [-0.05, 0) is 52.1 Å². The molecule has 8 heteroatoms. The summed E-state index contributed by atoms with van der Waals surface area (Å²) in [5.74, 6) is 5.11. The Morgan fingerprint density at radius 1 is 1.39 bits per heavy atom. The van der Waals surface area contributed by atoms with Crippen LogP contribution in [0.2, 0.25) is 0 Å². The van der Waals surface area contributed by atoms with Crippen LogP contribution < -0.4 is 10.5 Å². The van der Waals surface area contributed by atoms with E-state index in [1.807, 2.05) is 19.0 Å². The van der Waals surface area contributed by atoms with Crippen molar-refractivity contribution in [3.63, 3.8) is 0 Å². The molecule has 2 aromatic rings. The van der Waals surface area contributed by atoms with Gasteiger partial charge in [-0.3, -0.25) is 4.90 Å². The molecule has 0 atom stereocenters. The maximum absolute atomic E-state index is 14.2. The molecule has 1 aromatic carbocycles. The Kier molecular flexibility index (Phi) is 8.23. The first-order valence-corrected chi connectivity index (χ1v) is 9.70. The van der Waals surface area contributed by atoms with Gasteiger partial charge in [0.25, 0.3) is 0 Å². The van der Waals surface area contributed by atoms with E-state index in [0.717, 1.165) is 4.88 Å². The van der Waals surface area contributed by atoms with Crippen LogP contribution in [-0.2, 0) is 11.2 Å². The summed E-state index contributed by atoms with van der Waals surface area (Å²) in [7, 11) is 3.84. The van der Waals surface area contributed by atoms with Crippen molar-refractivity contribution < 1.29 is 18.7 Å². The van der Waals surface area contributed by atoms with Gasteiger partial charge in [0.1, 0.15) is 0 Å². The highest BCUT2D eigenvalue weighted by Crippen LogP contribution is 2.23. The molecule has 1 heterocycles. The predicted molar refractivity (Wildman–Crippen MR) is 108 cm³/mol. The fourth-order valence-electron chi connectivity index (χ4n) is 2.31. The molecule has 150 valence electrons. The fourth-order valence-corrected chi connectivity index (χ4v) is 3.17. The van der Waals surface area contributed by atoms with Gasteiger partial charge < -0.3 is 15.2 Å². The molecule has 2 N–H and O–H groups in total. The second-order valence-electron chi connectivity index (χ2n) is 6.18. The van der Waals surface area contributed by atoms with Gasteiger partial charge in [0.2, 0.25) is 0 Å². The van der Waals surface area contributed by atoms with Crippen molar-refractivity contribution in [2.75, 3.05) is 39.6 Å². The summed E-state index contributed by atoms with van der Waals surface area (Å²) in [5.41, 5.74) is 6.55. The fraction of sp³-hybridized carbons (Fsp3) is 0.400. The minimum atomic E-state index is -0.483. The third kappa shape index (κ3) is 6.51. The molecule has 0 fully saturated rings. The van der Waals surface area contributed by atoms with Gasteiger partial charge in [0.05, 0.1) is 19.8 Å². The van der Waals surface area contributed by atoms with E-state index in [1.54, 1.807) is 19.1 Å². The first-order chi connectivity index (χ1) is 13.4. The average Bonchev–Trinajstić information content (AvgIpc) is 3.01. The number of nitrogens with zero attached hydrogens (tertiary/aromatic N) is 2. The Hall–Kier alpha value is -2.63. The van der Waals surface area contributed by atoms with E-state index in [9.17, 15) is 9.18 Å². The molecular weight excluding hydrogens is 381 g/mol. The quantitative estimate of drug-likeness (QED) is 0.413. The highest BCUT2D eigenvalue weighted by molar-refractivity contribution is 7.15. The smallest absolute Gasteiger partial charge is 0.358 e. The van der Waals surface area contributed by atoms with Crippen molar-refractivity contribution in [1.82, 2.24) is 9.88 Å². The molecule has 0 saturated carbocycles. The van der Waals surface area contributed by atoms with Crippen molar-refractivity contribution in [1.29, 1.82) is 0 Å². The molecule has 0 saturated heterocycles. The topological polar surface area (TPSA) is 77.7 Å². The molecule has 0 aliphatic rings. The molecule has 2 rings (SSSR count). The number of ether oxygens (including phenoxy) is 2. The maximum atomic E-state index is 14.2. The summed E-state index contributed by atoms with van der Waals surface area (Å²) in [6, 6.07) is 4.66. The minimum absolute atomic E-state index is 0.174. The molecule has 6 nitrogen and oxygen atoms in total. The van der Waals surface area contributed by atoms with Crippen LogP contribution in [0.3, 0.4) is 0 Å². The lowest BCUT2D eigenvalue weighted by Crippen LogP contribution is -2.10. The van der Waals surface area contributed by atoms with Gasteiger partial charge in [-0.1, -0.05) is 11.8 Å². The zero-order chi connectivity index (χ0) is 20.5. The van der Waals surface area contributed by atoms with Gasteiger partial charge >= 0.3 is 5.97 Å². The summed E-state index contributed by atoms with van der Waals surface area (Å²) in [6.07, 6.45) is 1.12. The molecule has 28 heavy (non-hydrogen) atoms. The van der Waals surface area contributed by atoms with E-state index >= 15 is 0 Å². The number of esters is 1. The zero-order valence-electron chi connectivity index (χ0n) is 16.3. The Morgan fingerprint density at radius 2 is 2.18 bits per heavy atom. The van der Waals surface area contributed by atoms with Crippen LogP contribution in [0.15, 0.2) is 18.2 Å². The van der Waals surface area contributed by atoms with Crippen molar-refractivity contribution in [3.05, 3.63) is 40.2 Å². The molecule has 0 aliphatic carbocycles. The molecule has 1 aromatic heterocycles. The number of aryl methyl sites for hydroxylation is 1. The Balaban J connectivity index is 1.89. The van der Waals surface area contributed by atoms with Crippen LogP contribution in [0.5, 0.6) is 5.75 Å². The Labute approximate surface area is 168 Å². The number of carbonyl (C=O) groups is 1. The largest absolute Gasteiger partial charge is 0.491 e. The van der Waals surface area contributed by atoms with Crippen molar-refractivity contribution in [3.8, 4) is 17.6 Å². The van der Waals surface area contributed by atoms with Gasteiger partial charge in [0.15, 0.2) is 22.4 Å². The van der Waals surface area contributed by atoms with Crippen LogP contribution in [-0.4, -0.2) is 49.7 Å². The number of benzene rings is 1. The third-order valence-electron chi connectivity index (χ3n) is 3.55. The monoisotopic (exact) mass is 405 g/mol. The normalized spacial score (nSPS) is 10.5. The molecular formula is C20H24FN3O3S. The molecule has 0 radical (unpaired) electrons. The van der Waals surface area contributed by atoms with E-state index in [4.69, 9.17) is 15.2 Å². The number of hydrogen-bond donors (Lipinski definition) is 1. The predicted octanol–water partition coefficient (Wildman–Crippen LogP) is 2.97. The summed E-state index contributed by atoms with van der Waals surface area (Å²) in [6.45, 7) is 2.90. The van der Waals surface area contributed by atoms with Crippen molar-refractivity contribution in [2.24, 2.45) is 0 Å². The molecule has 0 spiro atoms. The average molecular weight is 405 g/mol. The molecule has 0 amide bonds. The van der Waals surface area contributed by atoms with Crippen LogP contribution >= 0.6 is 11.3 Å². The van der Waals surface area contributed by atoms with Crippen LogP contribution in [0.4, 0.5) is 9.52 Å². The van der Waals surface area contributed by atoms with Gasteiger partial charge in [-0.2, -0.15) is 0 Å². The molecule has 0 unspecified atom stereocenters. The van der Waals surface area contributed by atoms with Crippen molar-refractivity contribution >= 4 is 22.4 Å². The second kappa shape index (κ2) is 10.6. The second-order valence-corrected chi connectivity index (χ2v) is 7.30. The number of anilines is 1. The summed E-state index contributed by atoms with van der Waals surface area (Å²) in [5, 5.41) is 0.316. The molecule has 0 bridgehead atoms. The number of aromatic nitrogens is 1. The number of nitrogen functional groups attached to an aromatic ring is 1. The number of carbonyl (C=O) groups excluding carboxylic acids is 1. The van der Waals surface area contributed by atoms with E-state index in [0.29, 0.717) is 36.7 Å². The van der Waals surface area contributed by atoms with Crippen LogP contribution in [0.25, 0.3) is 0 Å². The van der Waals surface area contributed by atoms with Crippen molar-refractivity contribution in [2.45, 2.75) is 19.8 Å². The highest BCUT2D eigenvalue weighted by atomic mass is 32.1. The zero-order valence-corrected chi connectivity index (χ0v) is 17.1. The number of rotatable bonds is 8. The van der Waals surface area contributed by atoms with Gasteiger partial charge in [-0.15, -0.1) is 11.3 Å². The lowest BCUT2D eigenvalue weighted by Gasteiger charge is -2.07. The maximum Gasteiger partial charge on any atom is 0.358 e. The molecule has 0 aliphatic heterocycles. The number of halogens is 1. The highest BCUT2D eigenvalue weighted by Gasteiger charge is 2.18. The van der Waals surface area contributed by atoms with E-state index in [-0.39, 0.29) is 18.1 Å².